The molecule has 0 fully saturated rings. The Labute approximate surface area is 85.6 Å². The topological polar surface area (TPSA) is 42.0 Å². The first-order chi connectivity index (χ1) is 6.85. The summed E-state index contributed by atoms with van der Waals surface area (Å²) in [6.45, 7) is 3.36. The molecule has 0 aromatic carbocycles. The van der Waals surface area contributed by atoms with Crippen LogP contribution in [0.15, 0.2) is 24.5 Å². The van der Waals surface area contributed by atoms with Crippen LogP contribution in [0.5, 0.6) is 0 Å². The summed E-state index contributed by atoms with van der Waals surface area (Å²) in [5.74, 6) is 0. The fourth-order valence-corrected chi connectivity index (χ4v) is 0.799. The molecule has 0 aliphatic heterocycles. The summed E-state index contributed by atoms with van der Waals surface area (Å²) < 4.78 is 0. The van der Waals surface area contributed by atoms with E-state index in [0.29, 0.717) is 5.56 Å². The van der Waals surface area contributed by atoms with Crippen LogP contribution in [0.4, 0.5) is 0 Å². The maximum absolute atomic E-state index is 9.97. The predicted octanol–water partition coefficient (Wildman–Crippen LogP) is 1.90. The Hall–Kier alpha value is -1.22. The fourth-order valence-electron chi connectivity index (χ4n) is 0.799. The molecule has 1 N–H and O–H groups in total. The molecule has 0 radical (unpaired) electrons. The number of hydrogen-bond acceptors (Lipinski definition) is 3. The van der Waals surface area contributed by atoms with Gasteiger partial charge in [-0.1, -0.05) is 13.3 Å². The highest BCUT2D eigenvalue weighted by Gasteiger charge is 1.81. The van der Waals surface area contributed by atoms with Gasteiger partial charge in [0.05, 0.1) is 0 Å². The Morgan fingerprint density at radius 3 is 2.64 bits per heavy atom. The van der Waals surface area contributed by atoms with Crippen LogP contribution >= 0.6 is 0 Å². The lowest BCUT2D eigenvalue weighted by atomic mass is 10.3. The van der Waals surface area contributed by atoms with E-state index in [1.54, 1.807) is 18.3 Å². The fraction of sp³-hybridized carbons (Fsp3) is 0.455. The Bertz CT molecular complexity index is 220. The van der Waals surface area contributed by atoms with Crippen LogP contribution in [0.2, 0.25) is 0 Å². The zero-order valence-electron chi connectivity index (χ0n) is 8.86. The number of aromatic nitrogens is 1. The molecule has 1 rings (SSSR count). The standard InChI is InChI=1S/C6H5NO.C5H13N/c8-5-6-2-1-3-7-4-6;1-3-4-5-6-2/h1-5H;6H,3-5H2,1-2H3. The van der Waals surface area contributed by atoms with E-state index in [9.17, 15) is 4.79 Å². The molecule has 0 bridgehead atoms. The van der Waals surface area contributed by atoms with Crippen LogP contribution in [-0.4, -0.2) is 24.9 Å². The lowest BCUT2D eigenvalue weighted by Crippen LogP contribution is -2.06. The minimum Gasteiger partial charge on any atom is -0.320 e. The third-order valence-corrected chi connectivity index (χ3v) is 1.60. The van der Waals surface area contributed by atoms with Gasteiger partial charge >= 0.3 is 0 Å². The highest BCUT2D eigenvalue weighted by molar-refractivity contribution is 5.73. The molecule has 3 nitrogen and oxygen atoms in total. The molecule has 1 aromatic rings. The van der Waals surface area contributed by atoms with Gasteiger partial charge in [0.15, 0.2) is 6.29 Å². The number of nitrogens with zero attached hydrogens (tertiary/aromatic N) is 1. The van der Waals surface area contributed by atoms with Crippen LogP contribution < -0.4 is 5.32 Å². The van der Waals surface area contributed by atoms with Gasteiger partial charge in [0, 0.05) is 18.0 Å². The van der Waals surface area contributed by atoms with Crippen molar-refractivity contribution in [1.29, 1.82) is 0 Å². The van der Waals surface area contributed by atoms with Crippen LogP contribution in [-0.2, 0) is 0 Å². The molecule has 0 saturated carbocycles. The van der Waals surface area contributed by atoms with Crippen LogP contribution in [0.1, 0.15) is 30.1 Å². The molecule has 0 unspecified atom stereocenters. The van der Waals surface area contributed by atoms with Gasteiger partial charge < -0.3 is 5.32 Å². The summed E-state index contributed by atoms with van der Waals surface area (Å²) in [5.41, 5.74) is 0.618. The molecule has 0 amide bonds. The SMILES string of the molecule is CCCCNC.O=Cc1cccnc1. The molecule has 0 spiro atoms. The summed E-state index contributed by atoms with van der Waals surface area (Å²) in [5, 5.41) is 3.07. The Balaban J connectivity index is 0.000000255. The third kappa shape index (κ3) is 7.43. The first kappa shape index (κ1) is 12.8. The van der Waals surface area contributed by atoms with E-state index in [0.717, 1.165) is 12.8 Å². The molecule has 0 saturated heterocycles. The van der Waals surface area contributed by atoms with Gasteiger partial charge in [-0.05, 0) is 32.1 Å². The predicted molar refractivity (Wildman–Crippen MR) is 58.5 cm³/mol. The second kappa shape index (κ2) is 9.86. The summed E-state index contributed by atoms with van der Waals surface area (Å²) in [7, 11) is 1.98. The van der Waals surface area contributed by atoms with Gasteiger partial charge in [-0.15, -0.1) is 0 Å². The number of pyridine rings is 1. The number of carbonyl (C=O) groups is 1. The van der Waals surface area contributed by atoms with Gasteiger partial charge in [0.2, 0.25) is 0 Å². The van der Waals surface area contributed by atoms with Crippen LogP contribution in [0.25, 0.3) is 0 Å². The third-order valence-electron chi connectivity index (χ3n) is 1.60. The van der Waals surface area contributed by atoms with Crippen molar-refractivity contribution in [3.05, 3.63) is 30.1 Å². The second-order valence-electron chi connectivity index (χ2n) is 2.86. The largest absolute Gasteiger partial charge is 0.320 e. The average molecular weight is 194 g/mol. The molecule has 1 aromatic heterocycles. The highest BCUT2D eigenvalue weighted by atomic mass is 16.1. The number of aldehydes is 1. The zero-order valence-corrected chi connectivity index (χ0v) is 8.86. The number of hydrogen-bond donors (Lipinski definition) is 1. The van der Waals surface area contributed by atoms with Gasteiger partial charge in [-0.3, -0.25) is 9.78 Å². The van der Waals surface area contributed by atoms with Crippen molar-refractivity contribution in [2.75, 3.05) is 13.6 Å². The lowest BCUT2D eigenvalue weighted by molar-refractivity contribution is 0.112. The highest BCUT2D eigenvalue weighted by Crippen LogP contribution is 1.87. The van der Waals surface area contributed by atoms with Crippen molar-refractivity contribution in [3.8, 4) is 0 Å². The molecule has 0 atom stereocenters. The number of rotatable bonds is 4. The summed E-state index contributed by atoms with van der Waals surface area (Å²) in [6.07, 6.45) is 6.52. The average Bonchev–Trinajstić information content (AvgIpc) is 2.28. The first-order valence-corrected chi connectivity index (χ1v) is 4.85. The lowest BCUT2D eigenvalue weighted by Gasteiger charge is -1.89. The molecule has 1 heterocycles. The molecule has 78 valence electrons. The van der Waals surface area contributed by atoms with Crippen molar-refractivity contribution < 1.29 is 4.79 Å². The van der Waals surface area contributed by atoms with E-state index < -0.39 is 0 Å². The van der Waals surface area contributed by atoms with Crippen molar-refractivity contribution in [2.24, 2.45) is 0 Å². The molecule has 0 aliphatic carbocycles. The normalized spacial score (nSPS) is 8.71. The maximum Gasteiger partial charge on any atom is 0.151 e. The number of nitrogens with one attached hydrogen (secondary N) is 1. The summed E-state index contributed by atoms with van der Waals surface area (Å²) >= 11 is 0. The molecule has 0 aliphatic rings. The minimum atomic E-state index is 0.618. The van der Waals surface area contributed by atoms with Gasteiger partial charge in [-0.2, -0.15) is 0 Å². The quantitative estimate of drug-likeness (QED) is 0.588. The van der Waals surface area contributed by atoms with E-state index in [1.807, 2.05) is 7.05 Å². The smallest absolute Gasteiger partial charge is 0.151 e. The Kier molecular flexibility index (Phi) is 9.01. The van der Waals surface area contributed by atoms with Crippen LogP contribution in [0.3, 0.4) is 0 Å². The molecule has 14 heavy (non-hydrogen) atoms. The van der Waals surface area contributed by atoms with Crippen molar-refractivity contribution in [3.63, 3.8) is 0 Å². The zero-order chi connectivity index (χ0) is 10.6. The van der Waals surface area contributed by atoms with E-state index in [-0.39, 0.29) is 0 Å². The number of unbranched alkanes of at least 4 members (excludes halogenated alkanes) is 1. The minimum absolute atomic E-state index is 0.618. The van der Waals surface area contributed by atoms with Gasteiger partial charge in [0.1, 0.15) is 0 Å². The van der Waals surface area contributed by atoms with Gasteiger partial charge in [-0.25, -0.2) is 0 Å². The second-order valence-corrected chi connectivity index (χ2v) is 2.86. The van der Waals surface area contributed by atoms with Crippen LogP contribution in [0, 0.1) is 0 Å². The van der Waals surface area contributed by atoms with E-state index in [2.05, 4.69) is 17.2 Å². The number of carbonyl (C=O) groups excluding carboxylic acids is 1. The molecular formula is C11H18N2O. The van der Waals surface area contributed by atoms with Crippen molar-refractivity contribution >= 4 is 6.29 Å². The van der Waals surface area contributed by atoms with Gasteiger partial charge in [0.25, 0.3) is 0 Å². The Morgan fingerprint density at radius 1 is 1.57 bits per heavy atom. The van der Waals surface area contributed by atoms with E-state index in [1.165, 1.54) is 19.0 Å². The maximum atomic E-state index is 9.97. The summed E-state index contributed by atoms with van der Waals surface area (Å²) in [4.78, 5) is 13.7. The monoisotopic (exact) mass is 194 g/mol. The Morgan fingerprint density at radius 2 is 2.36 bits per heavy atom. The molecule has 3 heteroatoms. The van der Waals surface area contributed by atoms with Crippen molar-refractivity contribution in [2.45, 2.75) is 19.8 Å². The van der Waals surface area contributed by atoms with E-state index in [4.69, 9.17) is 0 Å². The molecular weight excluding hydrogens is 176 g/mol. The van der Waals surface area contributed by atoms with Crippen molar-refractivity contribution in [1.82, 2.24) is 10.3 Å². The summed E-state index contributed by atoms with van der Waals surface area (Å²) in [6, 6.07) is 3.43. The first-order valence-electron chi connectivity index (χ1n) is 4.85. The van der Waals surface area contributed by atoms with E-state index >= 15 is 0 Å².